The first-order valence-electron chi connectivity index (χ1n) is 7.98. The first-order chi connectivity index (χ1) is 9.74. The van der Waals surface area contributed by atoms with Gasteiger partial charge < -0.3 is 5.11 Å². The minimum atomic E-state index is -0.591. The molecule has 0 saturated carbocycles. The Morgan fingerprint density at radius 2 is 1.43 bits per heavy atom. The van der Waals surface area contributed by atoms with Gasteiger partial charge in [0.2, 0.25) is 0 Å². The summed E-state index contributed by atoms with van der Waals surface area (Å²) in [6.07, 6.45) is 0. The van der Waals surface area contributed by atoms with E-state index >= 15 is 0 Å². The first-order valence-corrected chi connectivity index (χ1v) is 7.98. The fourth-order valence-electron chi connectivity index (χ4n) is 3.34. The Bertz CT molecular complexity index is 459. The van der Waals surface area contributed by atoms with Crippen LogP contribution in [0, 0.1) is 20.8 Å². The van der Waals surface area contributed by atoms with E-state index in [4.69, 9.17) is 0 Å². The van der Waals surface area contributed by atoms with Gasteiger partial charge in [0, 0.05) is 39.3 Å². The molecule has 1 aromatic rings. The molecule has 0 aliphatic carbocycles. The number of rotatable bonds is 4. The van der Waals surface area contributed by atoms with Crippen molar-refractivity contribution in [2.75, 3.05) is 32.7 Å². The van der Waals surface area contributed by atoms with Crippen molar-refractivity contribution in [1.29, 1.82) is 0 Å². The lowest BCUT2D eigenvalue weighted by molar-refractivity contribution is 0.0166. The van der Waals surface area contributed by atoms with Crippen molar-refractivity contribution in [1.82, 2.24) is 9.80 Å². The van der Waals surface area contributed by atoms with E-state index in [1.807, 2.05) is 13.8 Å². The van der Waals surface area contributed by atoms with Crippen molar-refractivity contribution in [3.63, 3.8) is 0 Å². The van der Waals surface area contributed by atoms with Crippen LogP contribution in [0.4, 0.5) is 0 Å². The highest BCUT2D eigenvalue weighted by Crippen LogP contribution is 2.19. The molecule has 0 aromatic heterocycles. The van der Waals surface area contributed by atoms with Crippen molar-refractivity contribution >= 4 is 0 Å². The van der Waals surface area contributed by atoms with Crippen LogP contribution >= 0.6 is 0 Å². The lowest BCUT2D eigenvalue weighted by atomic mass is 9.99. The predicted molar refractivity (Wildman–Crippen MR) is 88.7 cm³/mol. The molecular formula is C18H30N2O. The molecule has 1 aromatic carbocycles. The molecule has 0 atom stereocenters. The fourth-order valence-corrected chi connectivity index (χ4v) is 3.34. The van der Waals surface area contributed by atoms with E-state index in [1.54, 1.807) is 0 Å². The van der Waals surface area contributed by atoms with Crippen LogP contribution < -0.4 is 0 Å². The van der Waals surface area contributed by atoms with Crippen molar-refractivity contribution < 1.29 is 5.11 Å². The third kappa shape index (κ3) is 4.80. The minimum absolute atomic E-state index is 0.591. The van der Waals surface area contributed by atoms with Gasteiger partial charge in [-0.15, -0.1) is 0 Å². The summed E-state index contributed by atoms with van der Waals surface area (Å²) in [4.78, 5) is 4.90. The van der Waals surface area contributed by atoms with Crippen LogP contribution in [0.15, 0.2) is 12.1 Å². The van der Waals surface area contributed by atoms with Gasteiger partial charge >= 0.3 is 0 Å². The fraction of sp³-hybridized carbons (Fsp3) is 0.667. The topological polar surface area (TPSA) is 26.7 Å². The number of nitrogens with zero attached hydrogens (tertiary/aromatic N) is 2. The molecule has 21 heavy (non-hydrogen) atoms. The maximum atomic E-state index is 9.91. The molecule has 1 aliphatic rings. The van der Waals surface area contributed by atoms with Gasteiger partial charge in [-0.3, -0.25) is 9.80 Å². The Morgan fingerprint density at radius 1 is 0.952 bits per heavy atom. The third-order valence-corrected chi connectivity index (χ3v) is 4.30. The SMILES string of the molecule is Cc1cc(C)c(CN2CCN(CC(C)(C)O)CC2)c(C)c1. The van der Waals surface area contributed by atoms with Crippen LogP contribution in [0.5, 0.6) is 0 Å². The minimum Gasteiger partial charge on any atom is -0.389 e. The Hall–Kier alpha value is -0.900. The van der Waals surface area contributed by atoms with E-state index in [2.05, 4.69) is 42.7 Å². The van der Waals surface area contributed by atoms with Crippen LogP contribution in [-0.4, -0.2) is 53.2 Å². The number of piperazine rings is 1. The number of β-amino-alcohol motifs (C(OH)–C–C–N with tert-alkyl or cyclic N) is 1. The maximum absolute atomic E-state index is 9.91. The molecule has 0 amide bonds. The highest BCUT2D eigenvalue weighted by atomic mass is 16.3. The average Bonchev–Trinajstić information content (AvgIpc) is 2.34. The van der Waals surface area contributed by atoms with Gasteiger partial charge in [0.15, 0.2) is 0 Å². The molecule has 0 spiro atoms. The van der Waals surface area contributed by atoms with Gasteiger partial charge in [-0.25, -0.2) is 0 Å². The molecule has 1 N–H and O–H groups in total. The molecule has 1 saturated heterocycles. The largest absolute Gasteiger partial charge is 0.389 e. The molecule has 118 valence electrons. The van der Waals surface area contributed by atoms with E-state index in [1.165, 1.54) is 22.3 Å². The highest BCUT2D eigenvalue weighted by molar-refractivity contribution is 5.37. The summed E-state index contributed by atoms with van der Waals surface area (Å²) < 4.78 is 0. The monoisotopic (exact) mass is 290 g/mol. The van der Waals surface area contributed by atoms with Gasteiger partial charge in [-0.1, -0.05) is 17.7 Å². The Morgan fingerprint density at radius 3 is 1.90 bits per heavy atom. The second kappa shape index (κ2) is 6.47. The van der Waals surface area contributed by atoms with E-state index in [0.717, 1.165) is 39.3 Å². The standard InChI is InChI=1S/C18H30N2O/c1-14-10-15(2)17(16(3)11-14)12-19-6-8-20(9-7-19)13-18(4,5)21/h10-11,21H,6-9,12-13H2,1-5H3. The van der Waals surface area contributed by atoms with Crippen molar-refractivity contribution in [2.24, 2.45) is 0 Å². The third-order valence-electron chi connectivity index (χ3n) is 4.30. The lowest BCUT2D eigenvalue weighted by Gasteiger charge is -2.37. The maximum Gasteiger partial charge on any atom is 0.0718 e. The summed E-state index contributed by atoms with van der Waals surface area (Å²) in [5, 5.41) is 9.91. The molecule has 1 aliphatic heterocycles. The second-order valence-electron chi connectivity index (χ2n) is 7.24. The number of hydrogen-bond acceptors (Lipinski definition) is 3. The Kier molecular flexibility index (Phi) is 5.07. The number of aliphatic hydroxyl groups is 1. The van der Waals surface area contributed by atoms with Crippen LogP contribution in [0.25, 0.3) is 0 Å². The number of aryl methyl sites for hydroxylation is 3. The van der Waals surface area contributed by atoms with Crippen LogP contribution in [0.3, 0.4) is 0 Å². The van der Waals surface area contributed by atoms with Crippen molar-refractivity contribution in [3.8, 4) is 0 Å². The first kappa shape index (κ1) is 16.5. The highest BCUT2D eigenvalue weighted by Gasteiger charge is 2.23. The molecular weight excluding hydrogens is 260 g/mol. The van der Waals surface area contributed by atoms with Gasteiger partial charge in [0.25, 0.3) is 0 Å². The number of benzene rings is 1. The molecule has 0 bridgehead atoms. The van der Waals surface area contributed by atoms with E-state index < -0.39 is 5.60 Å². The summed E-state index contributed by atoms with van der Waals surface area (Å²) in [7, 11) is 0. The van der Waals surface area contributed by atoms with Crippen molar-refractivity contribution in [3.05, 3.63) is 34.4 Å². The van der Waals surface area contributed by atoms with Gasteiger partial charge in [0.1, 0.15) is 0 Å². The zero-order chi connectivity index (χ0) is 15.6. The zero-order valence-corrected chi connectivity index (χ0v) is 14.2. The van der Waals surface area contributed by atoms with Crippen LogP contribution in [-0.2, 0) is 6.54 Å². The summed E-state index contributed by atoms with van der Waals surface area (Å²) in [6, 6.07) is 4.57. The summed E-state index contributed by atoms with van der Waals surface area (Å²) in [6.45, 7) is 16.5. The van der Waals surface area contributed by atoms with Crippen molar-refractivity contribution in [2.45, 2.75) is 46.8 Å². The van der Waals surface area contributed by atoms with Gasteiger partial charge in [-0.2, -0.15) is 0 Å². The van der Waals surface area contributed by atoms with Gasteiger partial charge in [0.05, 0.1) is 5.60 Å². The van der Waals surface area contributed by atoms with E-state index in [9.17, 15) is 5.11 Å². The predicted octanol–water partition coefficient (Wildman–Crippen LogP) is 2.50. The summed E-state index contributed by atoms with van der Waals surface area (Å²) in [5.74, 6) is 0. The molecule has 0 unspecified atom stereocenters. The normalized spacial score (nSPS) is 18.2. The molecule has 1 heterocycles. The zero-order valence-electron chi connectivity index (χ0n) is 14.2. The Balaban J connectivity index is 1.92. The average molecular weight is 290 g/mol. The van der Waals surface area contributed by atoms with E-state index in [-0.39, 0.29) is 0 Å². The van der Waals surface area contributed by atoms with Gasteiger partial charge in [-0.05, 0) is 51.3 Å². The van der Waals surface area contributed by atoms with E-state index in [0.29, 0.717) is 0 Å². The quantitative estimate of drug-likeness (QED) is 0.923. The second-order valence-corrected chi connectivity index (χ2v) is 7.24. The molecule has 3 heteroatoms. The van der Waals surface area contributed by atoms with Crippen LogP contribution in [0.1, 0.15) is 36.1 Å². The Labute approximate surface area is 129 Å². The molecule has 3 nitrogen and oxygen atoms in total. The molecule has 2 rings (SSSR count). The lowest BCUT2D eigenvalue weighted by Crippen LogP contribution is -2.50. The number of hydrogen-bond donors (Lipinski definition) is 1. The molecule has 0 radical (unpaired) electrons. The van der Waals surface area contributed by atoms with Crippen LogP contribution in [0.2, 0.25) is 0 Å². The smallest absolute Gasteiger partial charge is 0.0718 e. The summed E-state index contributed by atoms with van der Waals surface area (Å²) in [5.41, 5.74) is 5.06. The molecule has 1 fully saturated rings. The summed E-state index contributed by atoms with van der Waals surface area (Å²) >= 11 is 0.